The molecule has 2 unspecified atom stereocenters. The zero-order chi connectivity index (χ0) is 12.7. The monoisotopic (exact) mass is 273 g/mol. The van der Waals surface area contributed by atoms with Gasteiger partial charge in [0.25, 0.3) is 0 Å². The van der Waals surface area contributed by atoms with Crippen molar-refractivity contribution in [2.75, 3.05) is 6.54 Å². The summed E-state index contributed by atoms with van der Waals surface area (Å²) in [7, 11) is 0. The molecule has 0 aromatic carbocycles. The van der Waals surface area contributed by atoms with Crippen molar-refractivity contribution in [2.24, 2.45) is 5.92 Å². The van der Waals surface area contributed by atoms with Gasteiger partial charge in [-0.25, -0.2) is 0 Å². The van der Waals surface area contributed by atoms with Crippen molar-refractivity contribution in [3.8, 4) is 0 Å². The van der Waals surface area contributed by atoms with Crippen molar-refractivity contribution in [1.82, 2.24) is 5.32 Å². The number of halogens is 1. The van der Waals surface area contributed by atoms with Crippen molar-refractivity contribution in [3.05, 3.63) is 21.3 Å². The fraction of sp³-hybridized carbons (Fsp3) is 0.714. The van der Waals surface area contributed by atoms with Gasteiger partial charge in [0.1, 0.15) is 0 Å². The summed E-state index contributed by atoms with van der Waals surface area (Å²) in [5.74, 6) is 0.729. The van der Waals surface area contributed by atoms with Crippen LogP contribution in [0.5, 0.6) is 0 Å². The minimum atomic E-state index is 0.588. The van der Waals surface area contributed by atoms with Crippen LogP contribution in [-0.4, -0.2) is 12.6 Å². The standard InChI is InChI=1S/C14H24ClNS/c1-4-6-11(3)13(16-9-5-2)10-12-7-8-14(15)17-12/h7-8,11,13,16H,4-6,9-10H2,1-3H3. The molecule has 1 N–H and O–H groups in total. The van der Waals surface area contributed by atoms with Gasteiger partial charge < -0.3 is 5.32 Å². The fourth-order valence-corrected chi connectivity index (χ4v) is 3.28. The lowest BCUT2D eigenvalue weighted by molar-refractivity contribution is 0.354. The van der Waals surface area contributed by atoms with E-state index in [1.807, 2.05) is 6.07 Å². The Bertz CT molecular complexity index is 311. The smallest absolute Gasteiger partial charge is 0.0931 e. The molecular weight excluding hydrogens is 250 g/mol. The second-order valence-electron chi connectivity index (χ2n) is 4.74. The Labute approximate surface area is 115 Å². The van der Waals surface area contributed by atoms with Gasteiger partial charge in [-0.1, -0.05) is 38.8 Å². The molecule has 0 amide bonds. The Morgan fingerprint density at radius 1 is 1.29 bits per heavy atom. The van der Waals surface area contributed by atoms with Gasteiger partial charge in [0.05, 0.1) is 4.34 Å². The van der Waals surface area contributed by atoms with Gasteiger partial charge in [-0.15, -0.1) is 11.3 Å². The zero-order valence-electron chi connectivity index (χ0n) is 11.1. The summed E-state index contributed by atoms with van der Waals surface area (Å²) in [6, 6.07) is 4.75. The van der Waals surface area contributed by atoms with Gasteiger partial charge >= 0.3 is 0 Å². The molecule has 0 radical (unpaired) electrons. The molecule has 2 atom stereocenters. The van der Waals surface area contributed by atoms with Crippen LogP contribution in [0.1, 0.15) is 44.9 Å². The van der Waals surface area contributed by atoms with Gasteiger partial charge in [-0.2, -0.15) is 0 Å². The summed E-state index contributed by atoms with van der Waals surface area (Å²) in [6.07, 6.45) is 4.86. The number of hydrogen-bond acceptors (Lipinski definition) is 2. The van der Waals surface area contributed by atoms with E-state index in [0.29, 0.717) is 6.04 Å². The number of rotatable bonds is 8. The maximum Gasteiger partial charge on any atom is 0.0931 e. The predicted octanol–water partition coefficient (Wildman–Crippen LogP) is 4.75. The highest BCUT2D eigenvalue weighted by Gasteiger charge is 2.17. The van der Waals surface area contributed by atoms with E-state index in [9.17, 15) is 0 Å². The largest absolute Gasteiger partial charge is 0.313 e. The molecule has 17 heavy (non-hydrogen) atoms. The Hall–Kier alpha value is -0.0500. The average molecular weight is 274 g/mol. The predicted molar refractivity (Wildman–Crippen MR) is 79.2 cm³/mol. The van der Waals surface area contributed by atoms with Gasteiger partial charge in [0.2, 0.25) is 0 Å². The third-order valence-electron chi connectivity index (χ3n) is 3.14. The van der Waals surface area contributed by atoms with Crippen LogP contribution >= 0.6 is 22.9 Å². The summed E-state index contributed by atoms with van der Waals surface area (Å²) < 4.78 is 0.900. The molecule has 0 spiro atoms. The SMILES string of the molecule is CCCNC(Cc1ccc(Cl)s1)C(C)CCC. The number of nitrogens with one attached hydrogen (secondary N) is 1. The van der Waals surface area contributed by atoms with E-state index in [1.54, 1.807) is 11.3 Å². The molecular formula is C14H24ClNS. The van der Waals surface area contributed by atoms with Crippen LogP contribution < -0.4 is 5.32 Å². The molecule has 0 aliphatic carbocycles. The molecule has 0 saturated heterocycles. The molecule has 1 nitrogen and oxygen atoms in total. The van der Waals surface area contributed by atoms with E-state index in [4.69, 9.17) is 11.6 Å². The normalized spacial score (nSPS) is 14.8. The molecule has 0 bridgehead atoms. The molecule has 0 aliphatic heterocycles. The summed E-state index contributed by atoms with van der Waals surface area (Å²) >= 11 is 7.70. The van der Waals surface area contributed by atoms with Gasteiger partial charge in [-0.3, -0.25) is 0 Å². The highest BCUT2D eigenvalue weighted by atomic mass is 35.5. The molecule has 0 aliphatic rings. The zero-order valence-corrected chi connectivity index (χ0v) is 12.7. The van der Waals surface area contributed by atoms with E-state index in [1.165, 1.54) is 24.1 Å². The Morgan fingerprint density at radius 2 is 2.06 bits per heavy atom. The first kappa shape index (κ1) is 15.0. The molecule has 1 aromatic heterocycles. The molecule has 3 heteroatoms. The van der Waals surface area contributed by atoms with Gasteiger partial charge in [0.15, 0.2) is 0 Å². The van der Waals surface area contributed by atoms with Crippen LogP contribution in [0.25, 0.3) is 0 Å². The third-order valence-corrected chi connectivity index (χ3v) is 4.39. The Kier molecular flexibility index (Phi) is 7.17. The maximum atomic E-state index is 5.99. The second kappa shape index (κ2) is 8.12. The number of thiophene rings is 1. The van der Waals surface area contributed by atoms with Crippen molar-refractivity contribution in [2.45, 2.75) is 52.5 Å². The molecule has 98 valence electrons. The first-order valence-corrected chi connectivity index (χ1v) is 7.84. The fourth-order valence-electron chi connectivity index (χ4n) is 2.14. The van der Waals surface area contributed by atoms with Crippen molar-refractivity contribution >= 4 is 22.9 Å². The summed E-state index contributed by atoms with van der Waals surface area (Å²) in [6.45, 7) is 7.94. The van der Waals surface area contributed by atoms with Crippen LogP contribution in [0.3, 0.4) is 0 Å². The summed E-state index contributed by atoms with van der Waals surface area (Å²) in [4.78, 5) is 1.39. The minimum absolute atomic E-state index is 0.588. The number of hydrogen-bond donors (Lipinski definition) is 1. The topological polar surface area (TPSA) is 12.0 Å². The highest BCUT2D eigenvalue weighted by molar-refractivity contribution is 7.16. The third kappa shape index (κ3) is 5.41. The summed E-state index contributed by atoms with van der Waals surface area (Å²) in [5.41, 5.74) is 0. The van der Waals surface area contributed by atoms with E-state index in [0.717, 1.165) is 23.2 Å². The van der Waals surface area contributed by atoms with E-state index in [2.05, 4.69) is 32.2 Å². The van der Waals surface area contributed by atoms with Crippen molar-refractivity contribution < 1.29 is 0 Å². The first-order chi connectivity index (χ1) is 8.17. The van der Waals surface area contributed by atoms with Gasteiger partial charge in [0, 0.05) is 10.9 Å². The Morgan fingerprint density at radius 3 is 2.59 bits per heavy atom. The van der Waals surface area contributed by atoms with Crippen LogP contribution in [-0.2, 0) is 6.42 Å². The van der Waals surface area contributed by atoms with E-state index >= 15 is 0 Å². The molecule has 1 rings (SSSR count). The lowest BCUT2D eigenvalue weighted by Gasteiger charge is -2.24. The van der Waals surface area contributed by atoms with Crippen LogP contribution in [0.2, 0.25) is 4.34 Å². The first-order valence-electron chi connectivity index (χ1n) is 6.65. The minimum Gasteiger partial charge on any atom is -0.313 e. The molecule has 0 fully saturated rings. The van der Waals surface area contributed by atoms with E-state index in [-0.39, 0.29) is 0 Å². The second-order valence-corrected chi connectivity index (χ2v) is 6.54. The lowest BCUT2D eigenvalue weighted by atomic mass is 9.93. The Balaban J connectivity index is 2.55. The van der Waals surface area contributed by atoms with Crippen LogP contribution in [0, 0.1) is 5.92 Å². The maximum absolute atomic E-state index is 5.99. The molecule has 0 saturated carbocycles. The lowest BCUT2D eigenvalue weighted by Crippen LogP contribution is -2.37. The average Bonchev–Trinajstić information content (AvgIpc) is 2.70. The van der Waals surface area contributed by atoms with Crippen LogP contribution in [0.4, 0.5) is 0 Å². The quantitative estimate of drug-likeness (QED) is 0.721. The highest BCUT2D eigenvalue weighted by Crippen LogP contribution is 2.24. The van der Waals surface area contributed by atoms with Crippen molar-refractivity contribution in [1.29, 1.82) is 0 Å². The molecule has 1 aromatic rings. The molecule has 1 heterocycles. The van der Waals surface area contributed by atoms with Crippen LogP contribution in [0.15, 0.2) is 12.1 Å². The van der Waals surface area contributed by atoms with E-state index < -0.39 is 0 Å². The van der Waals surface area contributed by atoms with Gasteiger partial charge in [-0.05, 0) is 43.9 Å². The van der Waals surface area contributed by atoms with Crippen molar-refractivity contribution in [3.63, 3.8) is 0 Å². The summed E-state index contributed by atoms with van der Waals surface area (Å²) in [5, 5.41) is 3.68.